The third-order valence-corrected chi connectivity index (χ3v) is 3.13. The summed E-state index contributed by atoms with van der Waals surface area (Å²) in [5, 5.41) is 6.11. The lowest BCUT2D eigenvalue weighted by molar-refractivity contribution is -0.116. The first-order valence-corrected chi connectivity index (χ1v) is 7.14. The molecule has 2 rings (SSSR count). The number of aromatic nitrogens is 1. The molecule has 1 aromatic carbocycles. The molecule has 0 fully saturated rings. The van der Waals surface area contributed by atoms with Gasteiger partial charge < -0.3 is 15.1 Å². The predicted molar refractivity (Wildman–Crippen MR) is 83.1 cm³/mol. The average Bonchev–Trinajstić information content (AvgIpc) is 2.86. The number of rotatable bonds is 6. The molecule has 112 valence electrons. The first-order chi connectivity index (χ1) is 10.1. The summed E-state index contributed by atoms with van der Waals surface area (Å²) in [5.41, 5.74) is 2.55. The van der Waals surface area contributed by atoms with Gasteiger partial charge in [0, 0.05) is 30.6 Å². The molecule has 1 heterocycles. The Morgan fingerprint density at radius 3 is 2.62 bits per heavy atom. The highest BCUT2D eigenvalue weighted by Gasteiger charge is 2.08. The second-order valence-corrected chi connectivity index (χ2v) is 5.04. The Labute approximate surface area is 124 Å². The molecule has 0 saturated carbocycles. The van der Waals surface area contributed by atoms with Crippen LogP contribution in [0.25, 0.3) is 11.3 Å². The van der Waals surface area contributed by atoms with Crippen LogP contribution in [0.3, 0.4) is 0 Å². The summed E-state index contributed by atoms with van der Waals surface area (Å²) in [5.74, 6) is 0.647. The van der Waals surface area contributed by atoms with Crippen molar-refractivity contribution >= 4 is 11.6 Å². The predicted octanol–water partition coefficient (Wildman–Crippen LogP) is 2.98. The molecule has 1 aromatic heterocycles. The molecular formula is C16H21N3O2. The van der Waals surface area contributed by atoms with E-state index in [1.807, 2.05) is 45.0 Å². The highest BCUT2D eigenvalue weighted by atomic mass is 16.3. The number of nitrogens with zero attached hydrogens (tertiary/aromatic N) is 1. The van der Waals surface area contributed by atoms with Gasteiger partial charge in [0.25, 0.3) is 0 Å². The van der Waals surface area contributed by atoms with Gasteiger partial charge in [-0.3, -0.25) is 4.79 Å². The van der Waals surface area contributed by atoms with Gasteiger partial charge in [-0.2, -0.15) is 0 Å². The Morgan fingerprint density at radius 2 is 2.05 bits per heavy atom. The summed E-state index contributed by atoms with van der Waals surface area (Å²) < 4.78 is 5.19. The maximum Gasteiger partial charge on any atom is 0.225 e. The van der Waals surface area contributed by atoms with E-state index in [2.05, 4.69) is 15.6 Å². The van der Waals surface area contributed by atoms with Gasteiger partial charge in [-0.1, -0.05) is 19.1 Å². The minimum absolute atomic E-state index is 0.00785. The summed E-state index contributed by atoms with van der Waals surface area (Å²) in [6.45, 7) is 6.70. The molecule has 0 aliphatic carbocycles. The average molecular weight is 287 g/mol. The topological polar surface area (TPSA) is 67.2 Å². The molecule has 1 amide bonds. The van der Waals surface area contributed by atoms with E-state index in [1.54, 1.807) is 6.26 Å². The van der Waals surface area contributed by atoms with Crippen LogP contribution < -0.4 is 10.6 Å². The molecule has 0 spiro atoms. The minimum Gasteiger partial charge on any atom is -0.449 e. The smallest absolute Gasteiger partial charge is 0.225 e. The lowest BCUT2D eigenvalue weighted by atomic mass is 10.1. The fourth-order valence-corrected chi connectivity index (χ4v) is 2.13. The third kappa shape index (κ3) is 4.43. The molecule has 0 bridgehead atoms. The van der Waals surface area contributed by atoms with Gasteiger partial charge in [0.2, 0.25) is 5.91 Å². The Hall–Kier alpha value is -2.14. The molecule has 5 heteroatoms. The van der Waals surface area contributed by atoms with Crippen LogP contribution >= 0.6 is 0 Å². The van der Waals surface area contributed by atoms with Gasteiger partial charge in [0.1, 0.15) is 12.0 Å². The Bertz CT molecular complexity index is 590. The van der Waals surface area contributed by atoms with Crippen LogP contribution in [0, 0.1) is 6.92 Å². The van der Waals surface area contributed by atoms with E-state index in [0.29, 0.717) is 12.3 Å². The summed E-state index contributed by atoms with van der Waals surface area (Å²) >= 11 is 0. The van der Waals surface area contributed by atoms with Crippen LogP contribution in [0.1, 0.15) is 26.2 Å². The van der Waals surface area contributed by atoms with Crippen molar-refractivity contribution in [2.75, 3.05) is 11.9 Å². The first-order valence-electron chi connectivity index (χ1n) is 7.14. The van der Waals surface area contributed by atoms with Crippen molar-refractivity contribution in [1.29, 1.82) is 0 Å². The molecule has 0 aliphatic heterocycles. The first kappa shape index (κ1) is 15.3. The Morgan fingerprint density at radius 1 is 1.33 bits per heavy atom. The van der Waals surface area contributed by atoms with Gasteiger partial charge in [-0.25, -0.2) is 4.98 Å². The van der Waals surface area contributed by atoms with Gasteiger partial charge >= 0.3 is 0 Å². The second-order valence-electron chi connectivity index (χ2n) is 5.04. The lowest BCUT2D eigenvalue weighted by Gasteiger charge is -2.12. The maximum absolute atomic E-state index is 11.9. The van der Waals surface area contributed by atoms with Crippen LogP contribution in [0.15, 0.2) is 34.9 Å². The molecular weight excluding hydrogens is 266 g/mol. The minimum atomic E-state index is 0.00785. The standard InChI is InChI=1S/C16H21N3O2/c1-4-17-11(2)9-16(20)19-14-7-5-13(6-8-14)15-10-21-12(3)18-15/h5-8,10-11,17H,4,9H2,1-3H3,(H,19,20). The maximum atomic E-state index is 11.9. The SMILES string of the molecule is CCNC(C)CC(=O)Nc1ccc(-c2coc(C)n2)cc1. The molecule has 1 unspecified atom stereocenters. The monoisotopic (exact) mass is 287 g/mol. The van der Waals surface area contributed by atoms with Crippen molar-refractivity contribution in [3.05, 3.63) is 36.4 Å². The number of benzene rings is 1. The number of carbonyl (C=O) groups excluding carboxylic acids is 1. The zero-order valence-corrected chi connectivity index (χ0v) is 12.6. The lowest BCUT2D eigenvalue weighted by Crippen LogP contribution is -2.30. The van der Waals surface area contributed by atoms with Crippen molar-refractivity contribution in [3.8, 4) is 11.3 Å². The Balaban J connectivity index is 1.95. The van der Waals surface area contributed by atoms with Crippen molar-refractivity contribution in [3.63, 3.8) is 0 Å². The van der Waals surface area contributed by atoms with Crippen molar-refractivity contribution in [2.45, 2.75) is 33.2 Å². The van der Waals surface area contributed by atoms with Gasteiger partial charge in [-0.05, 0) is 25.6 Å². The van der Waals surface area contributed by atoms with Crippen molar-refractivity contribution in [2.24, 2.45) is 0 Å². The highest BCUT2D eigenvalue weighted by molar-refractivity contribution is 5.91. The number of nitrogens with one attached hydrogen (secondary N) is 2. The normalized spacial score (nSPS) is 12.1. The number of anilines is 1. The zero-order chi connectivity index (χ0) is 15.2. The molecule has 0 radical (unpaired) electrons. The molecule has 1 atom stereocenters. The highest BCUT2D eigenvalue weighted by Crippen LogP contribution is 2.20. The third-order valence-electron chi connectivity index (χ3n) is 3.13. The summed E-state index contributed by atoms with van der Waals surface area (Å²) in [4.78, 5) is 16.1. The van der Waals surface area contributed by atoms with Crippen LogP contribution in [-0.2, 0) is 4.79 Å². The van der Waals surface area contributed by atoms with E-state index >= 15 is 0 Å². The van der Waals surface area contributed by atoms with E-state index in [9.17, 15) is 4.79 Å². The summed E-state index contributed by atoms with van der Waals surface area (Å²) in [7, 11) is 0. The molecule has 0 saturated heterocycles. The summed E-state index contributed by atoms with van der Waals surface area (Å²) in [6.07, 6.45) is 2.08. The number of amides is 1. The van der Waals surface area contributed by atoms with Crippen LogP contribution in [0.2, 0.25) is 0 Å². The quantitative estimate of drug-likeness (QED) is 0.857. The number of hydrogen-bond acceptors (Lipinski definition) is 4. The number of oxazole rings is 1. The van der Waals surface area contributed by atoms with Crippen LogP contribution in [-0.4, -0.2) is 23.5 Å². The fourth-order valence-electron chi connectivity index (χ4n) is 2.13. The van der Waals surface area contributed by atoms with E-state index in [-0.39, 0.29) is 11.9 Å². The van der Waals surface area contributed by atoms with E-state index in [0.717, 1.165) is 23.5 Å². The van der Waals surface area contributed by atoms with Crippen molar-refractivity contribution < 1.29 is 9.21 Å². The van der Waals surface area contributed by atoms with Gasteiger partial charge in [0.15, 0.2) is 5.89 Å². The van der Waals surface area contributed by atoms with E-state index in [4.69, 9.17) is 4.42 Å². The van der Waals surface area contributed by atoms with Crippen molar-refractivity contribution in [1.82, 2.24) is 10.3 Å². The largest absolute Gasteiger partial charge is 0.449 e. The van der Waals surface area contributed by atoms with Gasteiger partial charge in [0.05, 0.1) is 0 Å². The number of aryl methyl sites for hydroxylation is 1. The Kier molecular flexibility index (Phi) is 5.11. The molecule has 21 heavy (non-hydrogen) atoms. The molecule has 2 aromatic rings. The van der Waals surface area contributed by atoms with E-state index < -0.39 is 0 Å². The van der Waals surface area contributed by atoms with Crippen LogP contribution in [0.4, 0.5) is 5.69 Å². The van der Waals surface area contributed by atoms with E-state index in [1.165, 1.54) is 0 Å². The molecule has 2 N–H and O–H groups in total. The fraction of sp³-hybridized carbons (Fsp3) is 0.375. The molecule has 5 nitrogen and oxygen atoms in total. The second kappa shape index (κ2) is 7.04. The molecule has 0 aliphatic rings. The number of hydrogen-bond donors (Lipinski definition) is 2. The van der Waals surface area contributed by atoms with Crippen LogP contribution in [0.5, 0.6) is 0 Å². The zero-order valence-electron chi connectivity index (χ0n) is 12.6. The van der Waals surface area contributed by atoms with Gasteiger partial charge in [-0.15, -0.1) is 0 Å². The number of carbonyl (C=O) groups is 1. The summed E-state index contributed by atoms with van der Waals surface area (Å²) in [6, 6.07) is 7.75.